The topological polar surface area (TPSA) is 67.4 Å². The van der Waals surface area contributed by atoms with E-state index in [1.807, 2.05) is 0 Å². The first-order valence-electron chi connectivity index (χ1n) is 5.52. The summed E-state index contributed by atoms with van der Waals surface area (Å²) < 4.78 is 43.9. The van der Waals surface area contributed by atoms with Crippen molar-refractivity contribution in [3.8, 4) is 0 Å². The molecule has 0 aliphatic carbocycles. The summed E-state index contributed by atoms with van der Waals surface area (Å²) in [6.45, 7) is 1.84. The molecule has 0 fully saturated rings. The third kappa shape index (κ3) is 6.31. The lowest BCUT2D eigenvalue weighted by atomic mass is 10.4. The molecule has 1 rings (SSSR count). The molecule has 1 aromatic carbocycles. The first-order chi connectivity index (χ1) is 8.58. The van der Waals surface area contributed by atoms with Crippen molar-refractivity contribution in [3.63, 3.8) is 0 Å². The van der Waals surface area contributed by atoms with Crippen molar-refractivity contribution in [3.05, 3.63) is 30.1 Å². The first kappa shape index (κ1) is 18.3. The van der Waals surface area contributed by atoms with E-state index < -0.39 is 15.8 Å². The van der Waals surface area contributed by atoms with Gasteiger partial charge < -0.3 is 10.1 Å². The molecule has 0 aliphatic rings. The zero-order valence-electron chi connectivity index (χ0n) is 10.6. The van der Waals surface area contributed by atoms with Crippen molar-refractivity contribution < 1.29 is 17.5 Å². The van der Waals surface area contributed by atoms with E-state index >= 15 is 0 Å². The van der Waals surface area contributed by atoms with Gasteiger partial charge in [0.2, 0.25) is 10.0 Å². The molecule has 19 heavy (non-hydrogen) atoms. The molecule has 0 unspecified atom stereocenters. The van der Waals surface area contributed by atoms with Gasteiger partial charge in [-0.25, -0.2) is 17.5 Å². The highest BCUT2D eigenvalue weighted by Gasteiger charge is 2.17. The zero-order chi connectivity index (χ0) is 13.4. The minimum absolute atomic E-state index is 0. The SMILES string of the molecule is COCCNCCNS(=O)(=O)c1ccccc1F.Cl. The van der Waals surface area contributed by atoms with Gasteiger partial charge in [0.15, 0.2) is 0 Å². The number of sulfonamides is 1. The summed E-state index contributed by atoms with van der Waals surface area (Å²) in [6.07, 6.45) is 0. The van der Waals surface area contributed by atoms with Gasteiger partial charge in [-0.3, -0.25) is 0 Å². The van der Waals surface area contributed by atoms with Crippen LogP contribution in [0.25, 0.3) is 0 Å². The molecule has 0 heterocycles. The molecule has 1 aromatic rings. The molecule has 2 N–H and O–H groups in total. The van der Waals surface area contributed by atoms with Gasteiger partial charge in [-0.1, -0.05) is 12.1 Å². The number of hydrogen-bond acceptors (Lipinski definition) is 4. The van der Waals surface area contributed by atoms with Crippen LogP contribution >= 0.6 is 12.4 Å². The van der Waals surface area contributed by atoms with Crippen LogP contribution in [0.1, 0.15) is 0 Å². The summed E-state index contributed by atoms with van der Waals surface area (Å²) in [5.74, 6) is -0.752. The molecule has 0 aliphatic heterocycles. The lowest BCUT2D eigenvalue weighted by Crippen LogP contribution is -2.33. The highest BCUT2D eigenvalue weighted by atomic mass is 35.5. The third-order valence-electron chi connectivity index (χ3n) is 2.20. The maximum absolute atomic E-state index is 13.3. The molecular formula is C11H18ClFN2O3S. The van der Waals surface area contributed by atoms with Crippen LogP contribution < -0.4 is 10.0 Å². The Kier molecular flexibility index (Phi) is 8.86. The van der Waals surface area contributed by atoms with Crippen molar-refractivity contribution in [1.82, 2.24) is 10.0 Å². The van der Waals surface area contributed by atoms with Crippen LogP contribution in [0.15, 0.2) is 29.2 Å². The zero-order valence-corrected chi connectivity index (χ0v) is 12.2. The second kappa shape index (κ2) is 9.22. The maximum atomic E-state index is 13.3. The minimum atomic E-state index is -3.78. The molecule has 0 amide bonds. The van der Waals surface area contributed by atoms with Gasteiger partial charge in [0.25, 0.3) is 0 Å². The van der Waals surface area contributed by atoms with E-state index in [1.54, 1.807) is 7.11 Å². The Hall–Kier alpha value is -0.730. The summed E-state index contributed by atoms with van der Waals surface area (Å²) in [4.78, 5) is -0.332. The molecule has 0 saturated heterocycles. The van der Waals surface area contributed by atoms with Crippen LogP contribution in [-0.2, 0) is 14.8 Å². The summed E-state index contributed by atoms with van der Waals surface area (Å²) in [5.41, 5.74) is 0. The van der Waals surface area contributed by atoms with Crippen molar-refractivity contribution in [1.29, 1.82) is 0 Å². The number of nitrogens with one attached hydrogen (secondary N) is 2. The van der Waals surface area contributed by atoms with Crippen LogP contribution in [0, 0.1) is 5.82 Å². The average Bonchev–Trinajstić information content (AvgIpc) is 2.34. The highest BCUT2D eigenvalue weighted by molar-refractivity contribution is 7.89. The molecule has 0 aromatic heterocycles. The summed E-state index contributed by atoms with van der Waals surface area (Å²) in [7, 11) is -2.19. The molecule has 0 radical (unpaired) electrons. The molecule has 5 nitrogen and oxygen atoms in total. The quantitative estimate of drug-likeness (QED) is 0.696. The van der Waals surface area contributed by atoms with Gasteiger partial charge in [-0.2, -0.15) is 0 Å². The van der Waals surface area contributed by atoms with Crippen molar-refractivity contribution in [2.75, 3.05) is 33.4 Å². The Morgan fingerprint density at radius 1 is 1.21 bits per heavy atom. The number of ether oxygens (including phenoxy) is 1. The predicted octanol–water partition coefficient (Wildman–Crippen LogP) is 0.762. The van der Waals surface area contributed by atoms with Gasteiger partial charge in [0, 0.05) is 26.7 Å². The van der Waals surface area contributed by atoms with E-state index in [0.29, 0.717) is 19.7 Å². The summed E-state index contributed by atoms with van der Waals surface area (Å²) in [6, 6.07) is 5.27. The van der Waals surface area contributed by atoms with Crippen LogP contribution in [0.4, 0.5) is 4.39 Å². The van der Waals surface area contributed by atoms with E-state index in [4.69, 9.17) is 4.74 Å². The normalized spacial score (nSPS) is 11.1. The van der Waals surface area contributed by atoms with Crippen molar-refractivity contribution in [2.24, 2.45) is 0 Å². The number of benzene rings is 1. The number of methoxy groups -OCH3 is 1. The largest absolute Gasteiger partial charge is 0.383 e. The fourth-order valence-corrected chi connectivity index (χ4v) is 2.42. The van der Waals surface area contributed by atoms with Gasteiger partial charge in [0.05, 0.1) is 6.61 Å². The lowest BCUT2D eigenvalue weighted by Gasteiger charge is -2.08. The number of hydrogen-bond donors (Lipinski definition) is 2. The Morgan fingerprint density at radius 2 is 1.89 bits per heavy atom. The molecule has 0 spiro atoms. The summed E-state index contributed by atoms with van der Waals surface area (Å²) in [5, 5.41) is 2.98. The van der Waals surface area contributed by atoms with Gasteiger partial charge in [0.1, 0.15) is 10.7 Å². The molecule has 110 valence electrons. The van der Waals surface area contributed by atoms with Crippen molar-refractivity contribution in [2.45, 2.75) is 4.90 Å². The number of rotatable bonds is 8. The second-order valence-electron chi connectivity index (χ2n) is 3.57. The molecular weight excluding hydrogens is 295 g/mol. The fraction of sp³-hybridized carbons (Fsp3) is 0.455. The maximum Gasteiger partial charge on any atom is 0.243 e. The van der Waals surface area contributed by atoms with E-state index in [0.717, 1.165) is 6.07 Å². The molecule has 0 atom stereocenters. The van der Waals surface area contributed by atoms with Crippen LogP contribution in [0.5, 0.6) is 0 Å². The van der Waals surface area contributed by atoms with E-state index in [2.05, 4.69) is 10.0 Å². The molecule has 8 heteroatoms. The third-order valence-corrected chi connectivity index (χ3v) is 3.70. The van der Waals surface area contributed by atoms with Gasteiger partial charge in [-0.15, -0.1) is 12.4 Å². The average molecular weight is 313 g/mol. The standard InChI is InChI=1S/C11H17FN2O3S.ClH/c1-17-9-8-13-6-7-14-18(15,16)11-5-3-2-4-10(11)12;/h2-5,13-14H,6-9H2,1H3;1H. The lowest BCUT2D eigenvalue weighted by molar-refractivity contribution is 0.199. The first-order valence-corrected chi connectivity index (χ1v) is 7.00. The van der Waals surface area contributed by atoms with Crippen LogP contribution in [-0.4, -0.2) is 41.8 Å². The van der Waals surface area contributed by atoms with E-state index in [-0.39, 0.29) is 23.8 Å². The fourth-order valence-electron chi connectivity index (χ4n) is 1.31. The smallest absolute Gasteiger partial charge is 0.243 e. The second-order valence-corrected chi connectivity index (χ2v) is 5.31. The molecule has 0 bridgehead atoms. The van der Waals surface area contributed by atoms with Gasteiger partial charge in [-0.05, 0) is 12.1 Å². The Bertz CT molecular complexity index is 471. The minimum Gasteiger partial charge on any atom is -0.383 e. The predicted molar refractivity (Wildman–Crippen MR) is 73.6 cm³/mol. The highest BCUT2D eigenvalue weighted by Crippen LogP contribution is 2.12. The summed E-state index contributed by atoms with van der Waals surface area (Å²) >= 11 is 0. The molecule has 0 saturated carbocycles. The van der Waals surface area contributed by atoms with Gasteiger partial charge >= 0.3 is 0 Å². The Morgan fingerprint density at radius 3 is 2.53 bits per heavy atom. The number of halogens is 2. The van der Waals surface area contributed by atoms with Crippen LogP contribution in [0.2, 0.25) is 0 Å². The van der Waals surface area contributed by atoms with E-state index in [1.165, 1.54) is 18.2 Å². The van der Waals surface area contributed by atoms with E-state index in [9.17, 15) is 12.8 Å². The monoisotopic (exact) mass is 312 g/mol. The Labute approximate surface area is 119 Å². The Balaban J connectivity index is 0.00000324. The van der Waals surface area contributed by atoms with Crippen LogP contribution in [0.3, 0.4) is 0 Å². The van der Waals surface area contributed by atoms with Crippen molar-refractivity contribution >= 4 is 22.4 Å².